The van der Waals surface area contributed by atoms with Gasteiger partial charge in [0.05, 0.1) is 22.2 Å². The molecule has 0 amide bonds. The fourth-order valence-electron chi connectivity index (χ4n) is 4.66. The topological polar surface area (TPSA) is 62.1 Å². The lowest BCUT2D eigenvalue weighted by atomic mass is 9.80. The molecule has 4 aromatic rings. The van der Waals surface area contributed by atoms with E-state index in [1.165, 1.54) is 11.8 Å². The second-order valence-corrected chi connectivity index (χ2v) is 10.4. The molecule has 4 aromatic carbocycles. The summed E-state index contributed by atoms with van der Waals surface area (Å²) in [5, 5.41) is 15.1. The number of carbonyl (C=O) groups excluding carboxylic acids is 1. The molecule has 188 valence electrons. The van der Waals surface area contributed by atoms with Gasteiger partial charge in [0.2, 0.25) is 5.72 Å². The van der Waals surface area contributed by atoms with Crippen molar-refractivity contribution >= 4 is 29.3 Å². The highest BCUT2D eigenvalue weighted by atomic mass is 35.5. The molecular formula is C32H25ClN2O2S. The summed E-state index contributed by atoms with van der Waals surface area (Å²) in [7, 11) is 0. The molecule has 0 aliphatic carbocycles. The largest absolute Gasteiger partial charge is 0.431 e. The first-order chi connectivity index (χ1) is 18.6. The molecule has 38 heavy (non-hydrogen) atoms. The second kappa shape index (κ2) is 11.6. The molecule has 0 radical (unpaired) electrons. The minimum Gasteiger partial charge on any atom is -0.431 e. The molecule has 0 bridgehead atoms. The number of nitriles is 1. The third kappa shape index (κ3) is 5.47. The van der Waals surface area contributed by atoms with E-state index in [2.05, 4.69) is 11.4 Å². The van der Waals surface area contributed by atoms with Gasteiger partial charge in [-0.3, -0.25) is 0 Å². The van der Waals surface area contributed by atoms with Gasteiger partial charge in [-0.2, -0.15) is 5.26 Å². The highest BCUT2D eigenvalue weighted by molar-refractivity contribution is 8.02. The number of halogens is 1. The average molecular weight is 537 g/mol. The number of nitrogens with zero attached hydrogens (tertiary/aromatic N) is 1. The van der Waals surface area contributed by atoms with Gasteiger partial charge >= 0.3 is 5.97 Å². The van der Waals surface area contributed by atoms with Crippen molar-refractivity contribution in [2.75, 3.05) is 0 Å². The van der Waals surface area contributed by atoms with E-state index in [-0.39, 0.29) is 0 Å². The molecule has 0 spiro atoms. The highest BCUT2D eigenvalue weighted by Gasteiger charge is 2.46. The molecule has 4 nitrogen and oxygen atoms in total. The lowest BCUT2D eigenvalue weighted by Gasteiger charge is -2.43. The zero-order valence-corrected chi connectivity index (χ0v) is 22.1. The molecular weight excluding hydrogens is 512 g/mol. The van der Waals surface area contributed by atoms with Crippen LogP contribution in [0.5, 0.6) is 0 Å². The minimum atomic E-state index is -1.22. The fraction of sp³-hybridized carbons (Fsp3) is 0.125. The van der Waals surface area contributed by atoms with E-state index in [1.807, 2.05) is 103 Å². The van der Waals surface area contributed by atoms with E-state index in [4.69, 9.17) is 16.3 Å². The molecule has 1 aliphatic heterocycles. The van der Waals surface area contributed by atoms with Crippen LogP contribution in [0.25, 0.3) is 0 Å². The summed E-state index contributed by atoms with van der Waals surface area (Å²) in [5.74, 6) is -0.203. The van der Waals surface area contributed by atoms with Gasteiger partial charge in [-0.1, -0.05) is 109 Å². The van der Waals surface area contributed by atoms with Gasteiger partial charge in [0.15, 0.2) is 0 Å². The van der Waals surface area contributed by atoms with Gasteiger partial charge in [-0.25, -0.2) is 4.79 Å². The average Bonchev–Trinajstić information content (AvgIpc) is 2.97. The molecule has 0 saturated heterocycles. The van der Waals surface area contributed by atoms with Gasteiger partial charge < -0.3 is 10.1 Å². The Balaban J connectivity index is 1.63. The molecule has 0 unspecified atom stereocenters. The van der Waals surface area contributed by atoms with Crippen LogP contribution in [-0.4, -0.2) is 5.97 Å². The third-order valence-corrected chi connectivity index (χ3v) is 7.98. The number of benzene rings is 4. The van der Waals surface area contributed by atoms with Crippen molar-refractivity contribution in [1.82, 2.24) is 5.32 Å². The number of hydrogen-bond donors (Lipinski definition) is 1. The molecule has 5 rings (SSSR count). The standard InChI is InChI=1S/C32H25ClN2O2S/c33-29-19-11-10-18-26(29)27-20-32(25-16-8-3-9-17-25,37-31(36)24-14-6-2-7-15-24)35-30(28(27)21-34)38-22-23-12-4-1-5-13-23/h1-19,27,35H,20,22H2/t27-,32-/m1/s1. The Morgan fingerprint density at radius 2 is 1.53 bits per heavy atom. The summed E-state index contributed by atoms with van der Waals surface area (Å²) in [6, 6.07) is 38.6. The molecule has 0 saturated carbocycles. The van der Waals surface area contributed by atoms with Gasteiger partial charge in [-0.15, -0.1) is 11.8 Å². The van der Waals surface area contributed by atoms with Crippen LogP contribution >= 0.6 is 23.4 Å². The lowest BCUT2D eigenvalue weighted by molar-refractivity contribution is -0.0455. The maximum Gasteiger partial charge on any atom is 0.340 e. The quantitative estimate of drug-likeness (QED) is 0.244. The normalized spacial score (nSPS) is 18.8. The first-order valence-corrected chi connectivity index (χ1v) is 13.6. The smallest absolute Gasteiger partial charge is 0.340 e. The summed E-state index contributed by atoms with van der Waals surface area (Å²) in [6.07, 6.45) is 0.303. The maximum absolute atomic E-state index is 13.5. The monoisotopic (exact) mass is 536 g/mol. The van der Waals surface area contributed by atoms with E-state index in [9.17, 15) is 10.1 Å². The Kier molecular flexibility index (Phi) is 7.83. The van der Waals surface area contributed by atoms with Crippen molar-refractivity contribution in [3.8, 4) is 6.07 Å². The van der Waals surface area contributed by atoms with Crippen molar-refractivity contribution in [3.63, 3.8) is 0 Å². The number of nitrogens with one attached hydrogen (secondary N) is 1. The van der Waals surface area contributed by atoms with Gasteiger partial charge in [0, 0.05) is 28.7 Å². The molecule has 6 heteroatoms. The number of rotatable bonds is 7. The van der Waals surface area contributed by atoms with Crippen LogP contribution in [0.1, 0.15) is 39.4 Å². The van der Waals surface area contributed by atoms with E-state index in [1.54, 1.807) is 12.1 Å². The molecule has 0 aromatic heterocycles. The van der Waals surface area contributed by atoms with E-state index >= 15 is 0 Å². The van der Waals surface area contributed by atoms with Crippen molar-refractivity contribution in [3.05, 3.63) is 153 Å². The molecule has 1 N–H and O–H groups in total. The zero-order valence-electron chi connectivity index (χ0n) is 20.5. The van der Waals surface area contributed by atoms with Crippen molar-refractivity contribution in [1.29, 1.82) is 5.26 Å². The summed E-state index contributed by atoms with van der Waals surface area (Å²) < 4.78 is 6.37. The Labute approximate surface area is 231 Å². The maximum atomic E-state index is 13.5. The van der Waals surface area contributed by atoms with Crippen LogP contribution in [0.15, 0.2) is 126 Å². The predicted octanol–water partition coefficient (Wildman–Crippen LogP) is 7.80. The Morgan fingerprint density at radius 3 is 2.18 bits per heavy atom. The van der Waals surface area contributed by atoms with E-state index < -0.39 is 17.6 Å². The first-order valence-electron chi connectivity index (χ1n) is 12.3. The number of allylic oxidation sites excluding steroid dienone is 1. The lowest BCUT2D eigenvalue weighted by Crippen LogP contribution is -2.49. The number of esters is 1. The van der Waals surface area contributed by atoms with Crippen molar-refractivity contribution < 1.29 is 9.53 Å². The Hall–Kier alpha value is -3.98. The van der Waals surface area contributed by atoms with Crippen LogP contribution in [0.3, 0.4) is 0 Å². The molecule has 1 aliphatic rings. The van der Waals surface area contributed by atoms with Crippen LogP contribution in [0.2, 0.25) is 5.02 Å². The number of carbonyl (C=O) groups is 1. The highest BCUT2D eigenvalue weighted by Crippen LogP contribution is 2.48. The van der Waals surface area contributed by atoms with Crippen LogP contribution in [0, 0.1) is 11.3 Å². The van der Waals surface area contributed by atoms with Crippen molar-refractivity contribution in [2.45, 2.75) is 23.8 Å². The molecule has 2 atom stereocenters. The number of hydrogen-bond acceptors (Lipinski definition) is 5. The van der Waals surface area contributed by atoms with Gasteiger partial charge in [0.1, 0.15) is 0 Å². The Bertz CT molecular complexity index is 1490. The van der Waals surface area contributed by atoms with E-state index in [0.29, 0.717) is 33.4 Å². The molecule has 1 heterocycles. The summed E-state index contributed by atoms with van der Waals surface area (Å²) in [4.78, 5) is 13.5. The van der Waals surface area contributed by atoms with Crippen LogP contribution in [0.4, 0.5) is 0 Å². The second-order valence-electron chi connectivity index (χ2n) is 8.98. The van der Waals surface area contributed by atoms with E-state index in [0.717, 1.165) is 16.7 Å². The predicted molar refractivity (Wildman–Crippen MR) is 152 cm³/mol. The summed E-state index contributed by atoms with van der Waals surface area (Å²) >= 11 is 8.19. The summed E-state index contributed by atoms with van der Waals surface area (Å²) in [5.41, 5.74) is 2.53. The number of thioether (sulfide) groups is 1. The molecule has 0 fully saturated rings. The zero-order chi connectivity index (χ0) is 26.4. The van der Waals surface area contributed by atoms with Gasteiger partial charge in [0.25, 0.3) is 0 Å². The third-order valence-electron chi connectivity index (χ3n) is 6.54. The number of ether oxygens (including phenoxy) is 1. The fourth-order valence-corrected chi connectivity index (χ4v) is 6.01. The Morgan fingerprint density at radius 1 is 0.921 bits per heavy atom. The van der Waals surface area contributed by atoms with Gasteiger partial charge in [-0.05, 0) is 29.3 Å². The van der Waals surface area contributed by atoms with Crippen LogP contribution < -0.4 is 5.32 Å². The SMILES string of the molecule is N#CC1=C(SCc2ccccc2)N[C@](OC(=O)c2ccccc2)(c2ccccc2)C[C@@H]1c1ccccc1Cl. The van der Waals surface area contributed by atoms with Crippen molar-refractivity contribution in [2.24, 2.45) is 0 Å². The minimum absolute atomic E-state index is 0.303. The summed E-state index contributed by atoms with van der Waals surface area (Å²) in [6.45, 7) is 0. The van der Waals surface area contributed by atoms with Crippen LogP contribution in [-0.2, 0) is 16.2 Å². The first kappa shape index (κ1) is 25.7.